The molecule has 1 fully saturated rings. The smallest absolute Gasteiger partial charge is 0.231 e. The summed E-state index contributed by atoms with van der Waals surface area (Å²) >= 11 is 0. The molecule has 0 atom stereocenters. The minimum absolute atomic E-state index is 0.171. The zero-order valence-electron chi connectivity index (χ0n) is 13.8. The van der Waals surface area contributed by atoms with E-state index in [1.54, 1.807) is 0 Å². The van der Waals surface area contributed by atoms with Crippen molar-refractivity contribution < 1.29 is 28.5 Å². The number of carbonyl (C=O) groups excluding carboxylic acids is 2. The second kappa shape index (κ2) is 5.76. The van der Waals surface area contributed by atoms with Gasteiger partial charge in [-0.2, -0.15) is 0 Å². The molecule has 3 aliphatic rings. The van der Waals surface area contributed by atoms with Gasteiger partial charge in [-0.1, -0.05) is 12.1 Å². The van der Waals surface area contributed by atoms with Crippen LogP contribution in [0, 0.1) is 11.8 Å². The van der Waals surface area contributed by atoms with Gasteiger partial charge in [0.2, 0.25) is 13.6 Å². The number of rotatable bonds is 4. The molecule has 0 aromatic heterocycles. The van der Waals surface area contributed by atoms with Gasteiger partial charge in [0.05, 0.1) is 0 Å². The Morgan fingerprint density at radius 3 is 1.50 bits per heavy atom. The molecule has 1 saturated carbocycles. The van der Waals surface area contributed by atoms with Crippen LogP contribution >= 0.6 is 0 Å². The Morgan fingerprint density at radius 2 is 1.08 bits per heavy atom. The molecule has 0 spiro atoms. The molecule has 0 unspecified atom stereocenters. The Labute approximate surface area is 149 Å². The summed E-state index contributed by atoms with van der Waals surface area (Å²) in [6.45, 7) is 0.384. The fourth-order valence-electron chi connectivity index (χ4n) is 4.28. The van der Waals surface area contributed by atoms with E-state index in [0.717, 1.165) is 23.7 Å². The van der Waals surface area contributed by atoms with Crippen molar-refractivity contribution in [2.24, 2.45) is 11.8 Å². The molecule has 6 heteroatoms. The molecule has 0 amide bonds. The minimum atomic E-state index is -0.286. The number of aldehydes is 2. The molecule has 2 heterocycles. The van der Waals surface area contributed by atoms with Crippen molar-refractivity contribution in [3.05, 3.63) is 47.5 Å². The van der Waals surface area contributed by atoms with Crippen molar-refractivity contribution in [3.8, 4) is 23.0 Å². The monoisotopic (exact) mass is 352 g/mol. The highest BCUT2D eigenvalue weighted by molar-refractivity contribution is 5.72. The average Bonchev–Trinajstić information content (AvgIpc) is 3.29. The minimum Gasteiger partial charge on any atom is -0.454 e. The number of benzene rings is 2. The highest BCUT2D eigenvalue weighted by Gasteiger charge is 2.52. The van der Waals surface area contributed by atoms with Gasteiger partial charge in [-0.15, -0.1) is 0 Å². The van der Waals surface area contributed by atoms with Crippen molar-refractivity contribution in [2.45, 2.75) is 11.8 Å². The van der Waals surface area contributed by atoms with Gasteiger partial charge in [0.25, 0.3) is 0 Å². The lowest BCUT2D eigenvalue weighted by molar-refractivity contribution is -0.124. The van der Waals surface area contributed by atoms with Gasteiger partial charge in [-0.05, 0) is 35.4 Å². The summed E-state index contributed by atoms with van der Waals surface area (Å²) in [4.78, 5) is 23.7. The van der Waals surface area contributed by atoms with Crippen LogP contribution in [0.2, 0.25) is 0 Å². The van der Waals surface area contributed by atoms with E-state index in [9.17, 15) is 9.59 Å². The Hall–Kier alpha value is -3.02. The molecule has 1 aliphatic carbocycles. The standard InChI is InChI=1S/C20H16O6/c21-7-13-19(11-1-3-15-17(5-11)25-9-23-15)14(8-22)20(13)12-2-4-16-18(6-12)26-10-24-16/h1-8,13-14,19-20H,9-10H2. The van der Waals surface area contributed by atoms with Crippen LogP contribution in [0.4, 0.5) is 0 Å². The third kappa shape index (κ3) is 2.11. The highest BCUT2D eigenvalue weighted by Crippen LogP contribution is 2.57. The molecule has 0 bridgehead atoms. The van der Waals surface area contributed by atoms with E-state index >= 15 is 0 Å². The molecule has 2 aliphatic heterocycles. The van der Waals surface area contributed by atoms with Crippen LogP contribution in [-0.4, -0.2) is 26.2 Å². The first-order valence-corrected chi connectivity index (χ1v) is 8.50. The summed E-state index contributed by atoms with van der Waals surface area (Å²) in [7, 11) is 0. The van der Waals surface area contributed by atoms with Gasteiger partial charge in [-0.25, -0.2) is 0 Å². The van der Waals surface area contributed by atoms with Gasteiger partial charge >= 0.3 is 0 Å². The Balaban J connectivity index is 1.49. The van der Waals surface area contributed by atoms with Gasteiger partial charge in [-0.3, -0.25) is 0 Å². The Morgan fingerprint density at radius 1 is 0.654 bits per heavy atom. The van der Waals surface area contributed by atoms with E-state index in [1.165, 1.54) is 0 Å². The van der Waals surface area contributed by atoms with Gasteiger partial charge in [0.1, 0.15) is 12.6 Å². The van der Waals surface area contributed by atoms with E-state index < -0.39 is 0 Å². The summed E-state index contributed by atoms with van der Waals surface area (Å²) in [5, 5.41) is 0. The van der Waals surface area contributed by atoms with Crippen LogP contribution in [0.5, 0.6) is 23.0 Å². The number of hydrogen-bond donors (Lipinski definition) is 0. The van der Waals surface area contributed by atoms with Crippen LogP contribution < -0.4 is 18.9 Å². The van der Waals surface area contributed by atoms with Crippen molar-refractivity contribution in [2.75, 3.05) is 13.6 Å². The molecule has 0 saturated heterocycles. The topological polar surface area (TPSA) is 71.1 Å². The number of carbonyl (C=O) groups is 2. The molecular weight excluding hydrogens is 336 g/mol. The molecule has 132 valence electrons. The maximum Gasteiger partial charge on any atom is 0.231 e. The van der Waals surface area contributed by atoms with E-state index in [0.29, 0.717) is 23.0 Å². The molecule has 0 N–H and O–H groups in total. The predicted molar refractivity (Wildman–Crippen MR) is 89.7 cm³/mol. The fraction of sp³-hybridized carbons (Fsp3) is 0.300. The van der Waals surface area contributed by atoms with Crippen LogP contribution in [0.25, 0.3) is 0 Å². The normalized spacial score (nSPS) is 27.7. The third-order valence-electron chi connectivity index (χ3n) is 5.54. The largest absolute Gasteiger partial charge is 0.454 e. The van der Waals surface area contributed by atoms with Gasteiger partial charge in [0, 0.05) is 23.7 Å². The second-order valence-electron chi connectivity index (χ2n) is 6.70. The SMILES string of the molecule is O=CC1C(c2ccc3c(c2)OCO3)C(C=O)C1c1ccc2c(c1)OCO2. The highest BCUT2D eigenvalue weighted by atomic mass is 16.7. The van der Waals surface area contributed by atoms with E-state index in [-0.39, 0.29) is 37.3 Å². The molecule has 2 aromatic rings. The molecule has 2 aromatic carbocycles. The van der Waals surface area contributed by atoms with Crippen LogP contribution in [0.15, 0.2) is 36.4 Å². The Bertz CT molecular complexity index is 810. The third-order valence-corrected chi connectivity index (χ3v) is 5.54. The molecule has 26 heavy (non-hydrogen) atoms. The summed E-state index contributed by atoms with van der Waals surface area (Å²) in [5.41, 5.74) is 1.83. The average molecular weight is 352 g/mol. The summed E-state index contributed by atoms with van der Waals surface area (Å²) in [6.07, 6.45) is 1.90. The maximum absolute atomic E-state index is 11.9. The summed E-state index contributed by atoms with van der Waals surface area (Å²) < 4.78 is 21.5. The first-order valence-electron chi connectivity index (χ1n) is 8.50. The predicted octanol–water partition coefficient (Wildman–Crippen LogP) is 2.66. The van der Waals surface area contributed by atoms with E-state index in [1.807, 2.05) is 36.4 Å². The van der Waals surface area contributed by atoms with Crippen molar-refractivity contribution in [1.82, 2.24) is 0 Å². The Kier molecular flexibility index (Phi) is 3.38. The van der Waals surface area contributed by atoms with Gasteiger partial charge < -0.3 is 28.5 Å². The number of fused-ring (bicyclic) bond motifs is 2. The van der Waals surface area contributed by atoms with Crippen LogP contribution in [-0.2, 0) is 9.59 Å². The zero-order chi connectivity index (χ0) is 17.7. The molecule has 0 radical (unpaired) electrons. The second-order valence-corrected chi connectivity index (χ2v) is 6.70. The quantitative estimate of drug-likeness (QED) is 0.788. The zero-order valence-corrected chi connectivity index (χ0v) is 13.8. The number of ether oxygens (including phenoxy) is 4. The van der Waals surface area contributed by atoms with Crippen molar-refractivity contribution >= 4 is 12.6 Å². The lowest BCUT2D eigenvalue weighted by Crippen LogP contribution is -2.45. The van der Waals surface area contributed by atoms with Crippen LogP contribution in [0.3, 0.4) is 0 Å². The summed E-state index contributed by atoms with van der Waals surface area (Å²) in [5.74, 6) is 1.77. The molecular formula is C20H16O6. The first-order chi connectivity index (χ1) is 12.8. The van der Waals surface area contributed by atoms with E-state index in [4.69, 9.17) is 18.9 Å². The first kappa shape index (κ1) is 15.3. The van der Waals surface area contributed by atoms with Crippen molar-refractivity contribution in [1.29, 1.82) is 0 Å². The molecule has 5 rings (SSSR count). The van der Waals surface area contributed by atoms with E-state index in [2.05, 4.69) is 0 Å². The lowest BCUT2D eigenvalue weighted by Gasteiger charge is -2.47. The van der Waals surface area contributed by atoms with Gasteiger partial charge in [0.15, 0.2) is 23.0 Å². The maximum atomic E-state index is 11.9. The van der Waals surface area contributed by atoms with Crippen molar-refractivity contribution in [3.63, 3.8) is 0 Å². The summed E-state index contributed by atoms with van der Waals surface area (Å²) in [6, 6.07) is 11.2. The fourth-order valence-corrected chi connectivity index (χ4v) is 4.28. The number of hydrogen-bond acceptors (Lipinski definition) is 6. The lowest BCUT2D eigenvalue weighted by atomic mass is 9.53. The van der Waals surface area contributed by atoms with Crippen LogP contribution in [0.1, 0.15) is 23.0 Å². The molecule has 6 nitrogen and oxygen atoms in total.